The van der Waals surface area contributed by atoms with Gasteiger partial charge in [-0.05, 0) is 18.8 Å². The molecule has 0 spiro atoms. The van der Waals surface area contributed by atoms with Crippen molar-refractivity contribution >= 4 is 0 Å². The molecule has 0 aliphatic heterocycles. The fourth-order valence-electron chi connectivity index (χ4n) is 1.46. The van der Waals surface area contributed by atoms with Gasteiger partial charge in [0.05, 0.1) is 0 Å². The van der Waals surface area contributed by atoms with Gasteiger partial charge in [0.15, 0.2) is 0 Å². The van der Waals surface area contributed by atoms with Gasteiger partial charge in [-0.15, -0.1) is 0 Å². The highest BCUT2D eigenvalue weighted by Gasteiger charge is 2.19. The molecule has 0 bridgehead atoms. The van der Waals surface area contributed by atoms with Crippen molar-refractivity contribution in [1.82, 2.24) is 0 Å². The van der Waals surface area contributed by atoms with E-state index in [2.05, 4.69) is 0 Å². The van der Waals surface area contributed by atoms with Gasteiger partial charge in [0.2, 0.25) is 0 Å². The molecule has 54 valence electrons. The zero-order valence-corrected chi connectivity index (χ0v) is 5.71. The third kappa shape index (κ3) is 1.66. The Labute approximate surface area is 56.1 Å². The Kier molecular flexibility index (Phi) is 2.49. The summed E-state index contributed by atoms with van der Waals surface area (Å²) in [6.45, 7) is 0.279. The zero-order valence-electron chi connectivity index (χ0n) is 5.71. The van der Waals surface area contributed by atoms with Crippen LogP contribution in [0, 0.1) is 5.92 Å². The van der Waals surface area contributed by atoms with Crippen molar-refractivity contribution in [2.75, 3.05) is 6.61 Å². The fourth-order valence-corrected chi connectivity index (χ4v) is 1.46. The fraction of sp³-hybridized carbons (Fsp3) is 1.00. The Morgan fingerprint density at radius 1 is 1.33 bits per heavy atom. The summed E-state index contributed by atoms with van der Waals surface area (Å²) >= 11 is 0. The van der Waals surface area contributed by atoms with E-state index in [1.807, 2.05) is 0 Å². The molecule has 0 aromatic heterocycles. The van der Waals surface area contributed by atoms with Crippen LogP contribution in [0.1, 0.15) is 25.7 Å². The maximum Gasteiger partial charge on any atom is 0.0474 e. The number of hydrogen-bond acceptors (Lipinski definition) is 2. The Hall–Kier alpha value is -0.0800. The van der Waals surface area contributed by atoms with Crippen LogP contribution < -0.4 is 5.73 Å². The first-order valence-electron chi connectivity index (χ1n) is 3.71. The van der Waals surface area contributed by atoms with Gasteiger partial charge in [-0.2, -0.15) is 0 Å². The minimum absolute atomic E-state index is 0.267. The number of aliphatic hydroxyl groups is 1. The summed E-state index contributed by atoms with van der Waals surface area (Å²) < 4.78 is 0. The molecule has 2 nitrogen and oxygen atoms in total. The van der Waals surface area contributed by atoms with E-state index in [1.165, 1.54) is 12.8 Å². The molecule has 0 radical (unpaired) electrons. The van der Waals surface area contributed by atoms with Gasteiger partial charge in [0, 0.05) is 12.6 Å². The molecular weight excluding hydrogens is 114 g/mol. The number of rotatable bonds is 1. The molecular formula is C7H15NO. The molecule has 9 heavy (non-hydrogen) atoms. The molecule has 3 N–H and O–H groups in total. The van der Waals surface area contributed by atoms with Crippen molar-refractivity contribution in [1.29, 1.82) is 0 Å². The van der Waals surface area contributed by atoms with Crippen molar-refractivity contribution in [2.45, 2.75) is 31.7 Å². The van der Waals surface area contributed by atoms with E-state index < -0.39 is 0 Å². The Balaban J connectivity index is 2.30. The van der Waals surface area contributed by atoms with E-state index in [1.54, 1.807) is 0 Å². The van der Waals surface area contributed by atoms with Crippen LogP contribution >= 0.6 is 0 Å². The highest BCUT2D eigenvalue weighted by Crippen LogP contribution is 2.21. The summed E-state index contributed by atoms with van der Waals surface area (Å²) in [5.74, 6) is 0.388. The van der Waals surface area contributed by atoms with Crippen molar-refractivity contribution in [3.8, 4) is 0 Å². The topological polar surface area (TPSA) is 46.2 Å². The van der Waals surface area contributed by atoms with Crippen LogP contribution in [-0.2, 0) is 0 Å². The summed E-state index contributed by atoms with van der Waals surface area (Å²) in [4.78, 5) is 0. The molecule has 1 aliphatic rings. The van der Waals surface area contributed by atoms with Gasteiger partial charge in [-0.1, -0.05) is 12.8 Å². The second-order valence-corrected chi connectivity index (χ2v) is 2.89. The lowest BCUT2D eigenvalue weighted by molar-refractivity contribution is 0.171. The van der Waals surface area contributed by atoms with E-state index >= 15 is 0 Å². The predicted molar refractivity (Wildman–Crippen MR) is 37.0 cm³/mol. The summed E-state index contributed by atoms with van der Waals surface area (Å²) in [5.41, 5.74) is 5.73. The van der Waals surface area contributed by atoms with Crippen molar-refractivity contribution < 1.29 is 5.11 Å². The molecule has 1 fully saturated rings. The molecule has 2 heteroatoms. The molecule has 1 saturated carbocycles. The summed E-state index contributed by atoms with van der Waals surface area (Å²) in [5, 5.41) is 8.78. The van der Waals surface area contributed by atoms with Crippen molar-refractivity contribution in [2.24, 2.45) is 11.7 Å². The van der Waals surface area contributed by atoms with E-state index in [9.17, 15) is 0 Å². The standard InChI is InChI=1S/C7H15NO/c8-7-4-2-1-3-6(7)5-9/h6-7,9H,1-5,8H2/t6-,7?/m1/s1. The number of aliphatic hydroxyl groups excluding tert-OH is 1. The monoisotopic (exact) mass is 129 g/mol. The second-order valence-electron chi connectivity index (χ2n) is 2.89. The largest absolute Gasteiger partial charge is 0.396 e. The molecule has 2 atom stereocenters. The molecule has 0 amide bonds. The minimum Gasteiger partial charge on any atom is -0.396 e. The van der Waals surface area contributed by atoms with E-state index in [-0.39, 0.29) is 12.6 Å². The molecule has 1 rings (SSSR count). The van der Waals surface area contributed by atoms with Gasteiger partial charge < -0.3 is 10.8 Å². The van der Waals surface area contributed by atoms with Crippen LogP contribution in [0.5, 0.6) is 0 Å². The molecule has 0 aromatic carbocycles. The van der Waals surface area contributed by atoms with E-state index in [4.69, 9.17) is 10.8 Å². The van der Waals surface area contributed by atoms with E-state index in [0.717, 1.165) is 12.8 Å². The number of nitrogens with two attached hydrogens (primary N) is 1. The second kappa shape index (κ2) is 3.18. The maximum absolute atomic E-state index is 8.78. The molecule has 1 unspecified atom stereocenters. The normalized spacial score (nSPS) is 36.7. The molecule has 0 saturated heterocycles. The third-order valence-corrected chi connectivity index (χ3v) is 2.20. The van der Waals surface area contributed by atoms with E-state index in [0.29, 0.717) is 5.92 Å². The quantitative estimate of drug-likeness (QED) is 0.541. The van der Waals surface area contributed by atoms with Gasteiger partial charge in [0.1, 0.15) is 0 Å². The lowest BCUT2D eigenvalue weighted by Crippen LogP contribution is -2.34. The predicted octanol–water partition coefficient (Wildman–Crippen LogP) is 0.496. The molecule has 0 aromatic rings. The first-order chi connectivity index (χ1) is 4.34. The smallest absolute Gasteiger partial charge is 0.0474 e. The van der Waals surface area contributed by atoms with Crippen LogP contribution in [0.3, 0.4) is 0 Å². The van der Waals surface area contributed by atoms with Crippen molar-refractivity contribution in [3.63, 3.8) is 0 Å². The zero-order chi connectivity index (χ0) is 6.69. The highest BCUT2D eigenvalue weighted by atomic mass is 16.3. The lowest BCUT2D eigenvalue weighted by atomic mass is 9.86. The average Bonchev–Trinajstić information content (AvgIpc) is 1.89. The Morgan fingerprint density at radius 2 is 2.00 bits per heavy atom. The lowest BCUT2D eigenvalue weighted by Gasteiger charge is -2.26. The highest BCUT2D eigenvalue weighted by molar-refractivity contribution is 4.76. The van der Waals surface area contributed by atoms with Crippen LogP contribution in [-0.4, -0.2) is 17.8 Å². The Morgan fingerprint density at radius 3 is 2.44 bits per heavy atom. The van der Waals surface area contributed by atoms with Crippen LogP contribution in [0.2, 0.25) is 0 Å². The van der Waals surface area contributed by atoms with Crippen LogP contribution in [0.4, 0.5) is 0 Å². The van der Waals surface area contributed by atoms with Gasteiger partial charge in [-0.3, -0.25) is 0 Å². The SMILES string of the molecule is NC1CCCC[C@@H]1CO. The summed E-state index contributed by atoms with van der Waals surface area (Å²) in [6.07, 6.45) is 4.72. The maximum atomic E-state index is 8.78. The van der Waals surface area contributed by atoms with Crippen LogP contribution in [0.25, 0.3) is 0 Å². The summed E-state index contributed by atoms with van der Waals surface area (Å²) in [6, 6.07) is 0.267. The molecule has 1 aliphatic carbocycles. The van der Waals surface area contributed by atoms with Crippen LogP contribution in [0.15, 0.2) is 0 Å². The minimum atomic E-state index is 0.267. The summed E-state index contributed by atoms with van der Waals surface area (Å²) in [7, 11) is 0. The average molecular weight is 129 g/mol. The van der Waals surface area contributed by atoms with Gasteiger partial charge in [-0.25, -0.2) is 0 Å². The molecule has 0 heterocycles. The first kappa shape index (κ1) is 7.03. The third-order valence-electron chi connectivity index (χ3n) is 2.20. The van der Waals surface area contributed by atoms with Gasteiger partial charge >= 0.3 is 0 Å². The van der Waals surface area contributed by atoms with Gasteiger partial charge in [0.25, 0.3) is 0 Å². The van der Waals surface area contributed by atoms with Crippen molar-refractivity contribution in [3.05, 3.63) is 0 Å². The first-order valence-corrected chi connectivity index (χ1v) is 3.71. The number of hydrogen-bond donors (Lipinski definition) is 2. The Bertz CT molecular complexity index is 85.0.